The molecule has 0 aliphatic rings. The summed E-state index contributed by atoms with van der Waals surface area (Å²) in [6, 6.07) is 3.49. The molecule has 0 fully saturated rings. The molecule has 1 aromatic rings. The van der Waals surface area contributed by atoms with Crippen LogP contribution in [0.3, 0.4) is 0 Å². The van der Waals surface area contributed by atoms with Crippen molar-refractivity contribution in [1.82, 2.24) is 0 Å². The Balaban J connectivity index is 3.14. The van der Waals surface area contributed by atoms with Crippen molar-refractivity contribution in [2.24, 2.45) is 0 Å². The van der Waals surface area contributed by atoms with Gasteiger partial charge in [-0.2, -0.15) is 0 Å². The van der Waals surface area contributed by atoms with Gasteiger partial charge in [0.05, 0.1) is 13.2 Å². The number of rotatable bonds is 5. The zero-order valence-electron chi connectivity index (χ0n) is 10.4. The number of carboxylic acids is 1. The molecule has 1 atom stereocenters. The van der Waals surface area contributed by atoms with E-state index in [1.807, 2.05) is 13.0 Å². The van der Waals surface area contributed by atoms with E-state index in [-0.39, 0.29) is 5.56 Å². The molecule has 0 saturated heterocycles. The van der Waals surface area contributed by atoms with Gasteiger partial charge >= 0.3 is 5.97 Å². The number of benzene rings is 1. The molecule has 0 aliphatic carbocycles. The second kappa shape index (κ2) is 5.68. The van der Waals surface area contributed by atoms with Crippen molar-refractivity contribution in [1.29, 1.82) is 0 Å². The molecule has 1 aromatic carbocycles. The lowest BCUT2D eigenvalue weighted by Crippen LogP contribution is -2.07. The van der Waals surface area contributed by atoms with E-state index in [0.29, 0.717) is 18.6 Å². The molecule has 17 heavy (non-hydrogen) atoms. The molecule has 0 bridgehead atoms. The van der Waals surface area contributed by atoms with Crippen molar-refractivity contribution in [2.45, 2.75) is 32.8 Å². The van der Waals surface area contributed by atoms with Crippen LogP contribution in [0.1, 0.15) is 34.8 Å². The van der Waals surface area contributed by atoms with Gasteiger partial charge in [-0.3, -0.25) is 0 Å². The molecule has 1 unspecified atom stereocenters. The van der Waals surface area contributed by atoms with E-state index in [1.54, 1.807) is 13.0 Å². The molecule has 0 radical (unpaired) electrons. The molecular formula is C13H18O4. The lowest BCUT2D eigenvalue weighted by Gasteiger charge is -2.13. The van der Waals surface area contributed by atoms with Crippen molar-refractivity contribution >= 4 is 5.97 Å². The van der Waals surface area contributed by atoms with Crippen LogP contribution in [-0.4, -0.2) is 29.4 Å². The van der Waals surface area contributed by atoms with E-state index in [2.05, 4.69) is 0 Å². The van der Waals surface area contributed by atoms with Gasteiger partial charge in [0, 0.05) is 0 Å². The molecule has 0 saturated carbocycles. The average molecular weight is 238 g/mol. The number of aromatic carboxylic acids is 1. The van der Waals surface area contributed by atoms with Crippen LogP contribution in [0.2, 0.25) is 0 Å². The van der Waals surface area contributed by atoms with E-state index < -0.39 is 12.1 Å². The number of aliphatic hydroxyl groups excluding tert-OH is 1. The van der Waals surface area contributed by atoms with Crippen LogP contribution >= 0.6 is 0 Å². The first kappa shape index (κ1) is 13.5. The van der Waals surface area contributed by atoms with Gasteiger partial charge in [-0.15, -0.1) is 0 Å². The third kappa shape index (κ3) is 3.46. The smallest absolute Gasteiger partial charge is 0.339 e. The Kier molecular flexibility index (Phi) is 4.52. The molecule has 0 spiro atoms. The molecule has 4 nitrogen and oxygen atoms in total. The van der Waals surface area contributed by atoms with Crippen molar-refractivity contribution in [3.8, 4) is 5.75 Å². The van der Waals surface area contributed by atoms with Crippen molar-refractivity contribution in [3.63, 3.8) is 0 Å². The summed E-state index contributed by atoms with van der Waals surface area (Å²) in [4.78, 5) is 11.1. The normalized spacial score (nSPS) is 12.2. The van der Waals surface area contributed by atoms with Gasteiger partial charge < -0.3 is 14.9 Å². The van der Waals surface area contributed by atoms with Crippen LogP contribution < -0.4 is 4.74 Å². The van der Waals surface area contributed by atoms with E-state index in [4.69, 9.17) is 9.84 Å². The number of aryl methyl sites for hydroxylation is 2. The third-order valence-corrected chi connectivity index (χ3v) is 2.58. The Morgan fingerprint density at radius 2 is 2.12 bits per heavy atom. The van der Waals surface area contributed by atoms with Crippen molar-refractivity contribution in [2.75, 3.05) is 7.11 Å². The van der Waals surface area contributed by atoms with E-state index >= 15 is 0 Å². The fourth-order valence-electron chi connectivity index (χ4n) is 1.80. The molecule has 2 N–H and O–H groups in total. The quantitative estimate of drug-likeness (QED) is 0.823. The van der Waals surface area contributed by atoms with Gasteiger partial charge in [0.2, 0.25) is 0 Å². The Morgan fingerprint density at radius 1 is 1.47 bits per heavy atom. The van der Waals surface area contributed by atoms with Crippen LogP contribution in [0.5, 0.6) is 5.75 Å². The Bertz CT molecular complexity index is 410. The van der Waals surface area contributed by atoms with Crippen LogP contribution in [0, 0.1) is 6.92 Å². The monoisotopic (exact) mass is 238 g/mol. The SMILES string of the molecule is COc1c(CCC(C)O)cc(C)cc1C(=O)O. The number of carboxylic acid groups (broad SMARTS) is 1. The highest BCUT2D eigenvalue weighted by atomic mass is 16.5. The Hall–Kier alpha value is -1.55. The Morgan fingerprint density at radius 3 is 2.59 bits per heavy atom. The minimum absolute atomic E-state index is 0.174. The number of hydrogen-bond acceptors (Lipinski definition) is 3. The minimum Gasteiger partial charge on any atom is -0.496 e. The fourth-order valence-corrected chi connectivity index (χ4v) is 1.80. The van der Waals surface area contributed by atoms with Gasteiger partial charge in [-0.1, -0.05) is 6.07 Å². The lowest BCUT2D eigenvalue weighted by atomic mass is 10.00. The summed E-state index contributed by atoms with van der Waals surface area (Å²) in [5.41, 5.74) is 1.88. The zero-order valence-corrected chi connectivity index (χ0v) is 10.4. The topological polar surface area (TPSA) is 66.8 Å². The van der Waals surface area contributed by atoms with Crippen molar-refractivity contribution < 1.29 is 19.7 Å². The number of hydrogen-bond donors (Lipinski definition) is 2. The highest BCUT2D eigenvalue weighted by Gasteiger charge is 2.16. The number of carbonyl (C=O) groups is 1. The summed E-state index contributed by atoms with van der Waals surface area (Å²) in [5, 5.41) is 18.4. The van der Waals surface area contributed by atoms with Crippen molar-refractivity contribution in [3.05, 3.63) is 28.8 Å². The van der Waals surface area contributed by atoms with E-state index in [1.165, 1.54) is 7.11 Å². The van der Waals surface area contributed by atoms with Crippen LogP contribution in [0.25, 0.3) is 0 Å². The first-order valence-electron chi connectivity index (χ1n) is 5.54. The van der Waals surface area contributed by atoms with Gasteiger partial charge in [0.15, 0.2) is 0 Å². The second-order valence-electron chi connectivity index (χ2n) is 4.20. The number of ether oxygens (including phenoxy) is 1. The third-order valence-electron chi connectivity index (χ3n) is 2.58. The average Bonchev–Trinajstić information content (AvgIpc) is 2.25. The predicted octanol–water partition coefficient (Wildman–Crippen LogP) is 2.02. The highest BCUT2D eigenvalue weighted by molar-refractivity contribution is 5.91. The van der Waals surface area contributed by atoms with E-state index in [0.717, 1.165) is 11.1 Å². The molecule has 94 valence electrons. The fraction of sp³-hybridized carbons (Fsp3) is 0.462. The lowest BCUT2D eigenvalue weighted by molar-refractivity contribution is 0.0693. The minimum atomic E-state index is -0.996. The van der Waals surface area contributed by atoms with Crippen LogP contribution in [0.15, 0.2) is 12.1 Å². The van der Waals surface area contributed by atoms with Gasteiger partial charge in [0.1, 0.15) is 11.3 Å². The summed E-state index contributed by atoms with van der Waals surface area (Å²) >= 11 is 0. The Labute approximate surface area is 101 Å². The predicted molar refractivity (Wildman–Crippen MR) is 64.7 cm³/mol. The maximum Gasteiger partial charge on any atom is 0.339 e. The largest absolute Gasteiger partial charge is 0.496 e. The van der Waals surface area contributed by atoms with E-state index in [9.17, 15) is 9.90 Å². The zero-order chi connectivity index (χ0) is 13.0. The summed E-state index contributed by atoms with van der Waals surface area (Å²) < 4.78 is 5.16. The highest BCUT2D eigenvalue weighted by Crippen LogP contribution is 2.27. The standard InChI is InChI=1S/C13H18O4/c1-8-6-10(5-4-9(2)14)12(17-3)11(7-8)13(15)16/h6-7,9,14H,4-5H2,1-3H3,(H,15,16). The summed E-state index contributed by atoms with van der Waals surface area (Å²) in [7, 11) is 1.46. The summed E-state index contributed by atoms with van der Waals surface area (Å²) in [6.45, 7) is 3.55. The number of methoxy groups -OCH3 is 1. The van der Waals surface area contributed by atoms with Crippen LogP contribution in [0.4, 0.5) is 0 Å². The molecule has 1 rings (SSSR count). The molecule has 0 heterocycles. The molecule has 0 aromatic heterocycles. The first-order chi connectivity index (χ1) is 7.95. The summed E-state index contributed by atoms with van der Waals surface area (Å²) in [5.74, 6) is -0.604. The van der Waals surface area contributed by atoms with Gasteiger partial charge in [0.25, 0.3) is 0 Å². The van der Waals surface area contributed by atoms with Crippen LogP contribution in [-0.2, 0) is 6.42 Å². The number of aliphatic hydroxyl groups is 1. The second-order valence-corrected chi connectivity index (χ2v) is 4.20. The molecule has 0 aliphatic heterocycles. The summed E-state index contributed by atoms with van der Waals surface area (Å²) in [6.07, 6.45) is 0.773. The maximum absolute atomic E-state index is 11.1. The first-order valence-corrected chi connectivity index (χ1v) is 5.54. The molecular weight excluding hydrogens is 220 g/mol. The molecule has 4 heteroatoms. The maximum atomic E-state index is 11.1. The van der Waals surface area contributed by atoms with Gasteiger partial charge in [-0.05, 0) is 43.9 Å². The van der Waals surface area contributed by atoms with Gasteiger partial charge in [-0.25, -0.2) is 4.79 Å². The molecule has 0 amide bonds.